The number of hydrogen-bond donors (Lipinski definition) is 0. The van der Waals surface area contributed by atoms with Crippen LogP contribution in [-0.2, 0) is 4.79 Å². The van der Waals surface area contributed by atoms with Crippen molar-refractivity contribution in [2.45, 2.75) is 12.5 Å². The van der Waals surface area contributed by atoms with Gasteiger partial charge in [-0.1, -0.05) is 121 Å². The highest BCUT2D eigenvalue weighted by Crippen LogP contribution is 2.41. The largest absolute Gasteiger partial charge is 0.333 e. The third-order valence-electron chi connectivity index (χ3n) is 10.7. The van der Waals surface area contributed by atoms with E-state index in [1.165, 1.54) is 77.0 Å². The van der Waals surface area contributed by atoms with E-state index in [-0.39, 0.29) is 6.04 Å². The molecular weight excluding hydrogens is 633 g/mol. The van der Waals surface area contributed by atoms with Crippen LogP contribution in [0.2, 0.25) is 0 Å². The third kappa shape index (κ3) is 4.93. The Morgan fingerprint density at radius 1 is 0.462 bits per heavy atom. The number of rotatable bonds is 6. The van der Waals surface area contributed by atoms with E-state index in [1.54, 1.807) is 0 Å². The highest BCUT2D eigenvalue weighted by molar-refractivity contribution is 6.13. The van der Waals surface area contributed by atoms with Crippen LogP contribution in [0.4, 0.5) is 0 Å². The molecule has 0 N–H and O–H groups in total. The van der Waals surface area contributed by atoms with Gasteiger partial charge in [0.05, 0.1) is 17.1 Å². The average molecular weight is 667 g/mol. The molecule has 52 heavy (non-hydrogen) atoms. The molecule has 1 aliphatic carbocycles. The third-order valence-corrected chi connectivity index (χ3v) is 10.7. The molecule has 0 fully saturated rings. The van der Waals surface area contributed by atoms with E-state index < -0.39 is 0 Å². The van der Waals surface area contributed by atoms with Crippen LogP contribution in [0.5, 0.6) is 0 Å². The summed E-state index contributed by atoms with van der Waals surface area (Å²) in [6.45, 7) is 0. The van der Waals surface area contributed by atoms with E-state index in [4.69, 9.17) is 0 Å². The molecule has 10 rings (SSSR count). The van der Waals surface area contributed by atoms with Gasteiger partial charge in [0.1, 0.15) is 6.29 Å². The normalized spacial score (nSPS) is 14.4. The van der Waals surface area contributed by atoms with Gasteiger partial charge in [-0.2, -0.15) is 0 Å². The lowest BCUT2D eigenvalue weighted by molar-refractivity contribution is -0.104. The molecule has 2 heterocycles. The molecule has 9 aromatic rings. The number of benzene rings is 7. The van der Waals surface area contributed by atoms with Crippen LogP contribution in [-0.4, -0.2) is 15.4 Å². The van der Waals surface area contributed by atoms with Crippen molar-refractivity contribution in [3.05, 3.63) is 188 Å². The molecule has 0 amide bonds. The number of allylic oxidation sites excluding steroid dienone is 4. The minimum atomic E-state index is 0.122. The van der Waals surface area contributed by atoms with E-state index in [0.717, 1.165) is 24.0 Å². The van der Waals surface area contributed by atoms with Gasteiger partial charge >= 0.3 is 0 Å². The summed E-state index contributed by atoms with van der Waals surface area (Å²) in [7, 11) is 0. The Morgan fingerprint density at radius 2 is 0.885 bits per heavy atom. The van der Waals surface area contributed by atoms with Gasteiger partial charge in [0, 0.05) is 43.8 Å². The highest BCUT2D eigenvalue weighted by atomic mass is 16.1. The molecule has 0 saturated carbocycles. The fraction of sp³-hybridized carbons (Fsp3) is 0.0408. The SMILES string of the molecule is O=CC1=CCC(n2c3ccc(-c4ccccc4)cc3c3cc(-c4ccc5c(c4)c4cc(-c6ccccc6)ccc4n5-c4ccccc4)ccc32)C=C1. The minimum absolute atomic E-state index is 0.122. The summed E-state index contributed by atoms with van der Waals surface area (Å²) in [6.07, 6.45) is 7.89. The van der Waals surface area contributed by atoms with Gasteiger partial charge in [-0.05, 0) is 100 Å². The van der Waals surface area contributed by atoms with Crippen LogP contribution in [0.3, 0.4) is 0 Å². The quantitative estimate of drug-likeness (QED) is 0.162. The first-order chi connectivity index (χ1) is 25.7. The van der Waals surface area contributed by atoms with E-state index in [2.05, 4.69) is 179 Å². The fourth-order valence-corrected chi connectivity index (χ4v) is 8.17. The average Bonchev–Trinajstić information content (AvgIpc) is 3.73. The Morgan fingerprint density at radius 3 is 1.33 bits per heavy atom. The van der Waals surface area contributed by atoms with Gasteiger partial charge in [-0.3, -0.25) is 4.79 Å². The molecule has 246 valence electrons. The molecule has 1 unspecified atom stereocenters. The summed E-state index contributed by atoms with van der Waals surface area (Å²) in [5.41, 5.74) is 13.8. The van der Waals surface area contributed by atoms with Gasteiger partial charge in [-0.15, -0.1) is 0 Å². The number of fused-ring (bicyclic) bond motifs is 6. The lowest BCUT2D eigenvalue weighted by Gasteiger charge is -2.19. The molecule has 3 heteroatoms. The van der Waals surface area contributed by atoms with Gasteiger partial charge < -0.3 is 9.13 Å². The predicted octanol–water partition coefficient (Wildman–Crippen LogP) is 12.5. The van der Waals surface area contributed by atoms with Crippen molar-refractivity contribution in [1.29, 1.82) is 0 Å². The molecule has 3 nitrogen and oxygen atoms in total. The molecule has 0 saturated heterocycles. The standard InChI is InChI=1S/C49H34N2O/c52-32-33-16-22-41(23-17-33)51-48-25-19-37(35-12-6-2-7-13-35)29-43(48)45-31-39(21-27-49(45)51)38-20-26-47-44(30-38)42-28-36(34-10-4-1-5-11-34)18-24-46(42)50(47)40-14-8-3-9-15-40/h1-22,24-32,41H,23H2. The molecule has 1 atom stereocenters. The molecule has 0 radical (unpaired) electrons. The van der Waals surface area contributed by atoms with E-state index in [0.29, 0.717) is 0 Å². The van der Waals surface area contributed by atoms with Crippen LogP contribution in [0.15, 0.2) is 188 Å². The molecular formula is C49H34N2O. The van der Waals surface area contributed by atoms with Crippen molar-refractivity contribution in [3.8, 4) is 39.1 Å². The summed E-state index contributed by atoms with van der Waals surface area (Å²) < 4.78 is 4.83. The molecule has 0 bridgehead atoms. The summed E-state index contributed by atoms with van der Waals surface area (Å²) in [6, 6.07) is 59.5. The van der Waals surface area contributed by atoms with Gasteiger partial charge in [-0.25, -0.2) is 0 Å². The van der Waals surface area contributed by atoms with Crippen LogP contribution in [0.1, 0.15) is 12.5 Å². The fourth-order valence-electron chi connectivity index (χ4n) is 8.17. The van der Waals surface area contributed by atoms with E-state index in [1.807, 2.05) is 12.2 Å². The number of hydrogen-bond acceptors (Lipinski definition) is 1. The molecule has 7 aromatic carbocycles. The summed E-state index contributed by atoms with van der Waals surface area (Å²) in [4.78, 5) is 11.5. The van der Waals surface area contributed by atoms with E-state index >= 15 is 0 Å². The van der Waals surface area contributed by atoms with E-state index in [9.17, 15) is 4.79 Å². The van der Waals surface area contributed by atoms with Crippen molar-refractivity contribution in [1.82, 2.24) is 9.13 Å². The maximum absolute atomic E-state index is 11.5. The smallest absolute Gasteiger partial charge is 0.149 e. The van der Waals surface area contributed by atoms with Crippen molar-refractivity contribution in [2.24, 2.45) is 0 Å². The Balaban J connectivity index is 1.18. The zero-order valence-electron chi connectivity index (χ0n) is 28.5. The second-order valence-corrected chi connectivity index (χ2v) is 13.7. The summed E-state index contributed by atoms with van der Waals surface area (Å²) in [5.74, 6) is 0. The van der Waals surface area contributed by atoms with Gasteiger partial charge in [0.15, 0.2) is 0 Å². The lowest BCUT2D eigenvalue weighted by atomic mass is 9.98. The predicted molar refractivity (Wildman–Crippen MR) is 217 cm³/mol. The van der Waals surface area contributed by atoms with Crippen molar-refractivity contribution >= 4 is 49.9 Å². The van der Waals surface area contributed by atoms with Crippen LogP contribution >= 0.6 is 0 Å². The number of aromatic nitrogens is 2. The molecule has 2 aromatic heterocycles. The van der Waals surface area contributed by atoms with Crippen molar-refractivity contribution < 1.29 is 4.79 Å². The number of carbonyl (C=O) groups is 1. The van der Waals surface area contributed by atoms with Gasteiger partial charge in [0.25, 0.3) is 0 Å². The second kappa shape index (κ2) is 12.3. The second-order valence-electron chi connectivity index (χ2n) is 13.7. The molecule has 0 aliphatic heterocycles. The summed E-state index contributed by atoms with van der Waals surface area (Å²) >= 11 is 0. The Hall–Kier alpha value is -6.71. The van der Waals surface area contributed by atoms with Crippen molar-refractivity contribution in [3.63, 3.8) is 0 Å². The monoisotopic (exact) mass is 666 g/mol. The molecule has 0 spiro atoms. The number of nitrogens with zero attached hydrogens (tertiary/aromatic N) is 2. The number of aldehydes is 1. The maximum atomic E-state index is 11.5. The lowest BCUT2D eigenvalue weighted by Crippen LogP contribution is -2.08. The first kappa shape index (κ1) is 30.1. The zero-order valence-corrected chi connectivity index (χ0v) is 28.5. The first-order valence-electron chi connectivity index (χ1n) is 17.9. The topological polar surface area (TPSA) is 26.9 Å². The zero-order chi connectivity index (χ0) is 34.6. The first-order valence-corrected chi connectivity index (χ1v) is 17.9. The Kier molecular flexibility index (Phi) is 7.10. The van der Waals surface area contributed by atoms with Gasteiger partial charge in [0.2, 0.25) is 0 Å². The Bertz CT molecular complexity index is 2870. The van der Waals surface area contributed by atoms with Crippen LogP contribution in [0, 0.1) is 0 Å². The highest BCUT2D eigenvalue weighted by Gasteiger charge is 2.20. The minimum Gasteiger partial charge on any atom is -0.333 e. The number of para-hydroxylation sites is 1. The number of carbonyl (C=O) groups excluding carboxylic acids is 1. The summed E-state index contributed by atoms with van der Waals surface area (Å²) in [5, 5.41) is 4.92. The van der Waals surface area contributed by atoms with Crippen LogP contribution in [0.25, 0.3) is 82.7 Å². The Labute approximate surface area is 302 Å². The maximum Gasteiger partial charge on any atom is 0.149 e. The van der Waals surface area contributed by atoms with Crippen LogP contribution < -0.4 is 0 Å². The van der Waals surface area contributed by atoms with Crippen molar-refractivity contribution in [2.75, 3.05) is 0 Å². The molecule has 1 aliphatic rings.